The molecule has 38 heavy (non-hydrogen) atoms. The van der Waals surface area contributed by atoms with Crippen LogP contribution >= 0.6 is 0 Å². The van der Waals surface area contributed by atoms with E-state index in [1.165, 1.54) is 26.4 Å². The fourth-order valence-corrected chi connectivity index (χ4v) is 6.04. The lowest BCUT2D eigenvalue weighted by Crippen LogP contribution is -2.43. The molecule has 210 valence electrons. The summed E-state index contributed by atoms with van der Waals surface area (Å²) in [5.74, 6) is 0.678. The number of rotatable bonds is 14. The van der Waals surface area contributed by atoms with E-state index in [1.807, 2.05) is 25.1 Å². The highest BCUT2D eigenvalue weighted by Crippen LogP contribution is 2.45. The Morgan fingerprint density at radius 1 is 1.05 bits per heavy atom. The molecule has 9 heteroatoms. The molecule has 3 unspecified atom stereocenters. The van der Waals surface area contributed by atoms with Crippen molar-refractivity contribution in [2.24, 2.45) is 17.8 Å². The molecule has 4 rings (SSSR count). The van der Waals surface area contributed by atoms with E-state index in [1.54, 1.807) is 12.1 Å². The highest BCUT2D eigenvalue weighted by Gasteiger charge is 2.42. The molecule has 0 radical (unpaired) electrons. The highest BCUT2D eigenvalue weighted by molar-refractivity contribution is 5.92. The van der Waals surface area contributed by atoms with E-state index in [4.69, 9.17) is 28.8 Å². The van der Waals surface area contributed by atoms with Crippen LogP contribution in [0.2, 0.25) is 0 Å². The van der Waals surface area contributed by atoms with Crippen molar-refractivity contribution in [1.29, 1.82) is 0 Å². The average molecular weight is 532 g/mol. The van der Waals surface area contributed by atoms with Gasteiger partial charge < -0.3 is 34.1 Å². The molecule has 2 N–H and O–H groups in total. The summed E-state index contributed by atoms with van der Waals surface area (Å²) in [4.78, 5) is 25.3. The van der Waals surface area contributed by atoms with Crippen molar-refractivity contribution < 1.29 is 38.4 Å². The van der Waals surface area contributed by atoms with Crippen LogP contribution in [-0.4, -0.2) is 76.1 Å². The first kappa shape index (κ1) is 28.5. The number of carbonyl (C=O) groups is 2. The van der Waals surface area contributed by atoms with E-state index in [2.05, 4.69) is 5.32 Å². The van der Waals surface area contributed by atoms with Gasteiger partial charge in [0.25, 0.3) is 5.91 Å². The molecular weight excluding hydrogens is 490 g/mol. The van der Waals surface area contributed by atoms with E-state index in [-0.39, 0.29) is 42.8 Å². The van der Waals surface area contributed by atoms with Crippen LogP contribution in [-0.2, 0) is 28.5 Å². The SMILES string of the molecule is CCO[C@@H]1OC(C(=O)NC2CC3CCC2C3)=C[C@H](c2ccc(C(=O)OC)cc2)[C@H]1CCOCCOCCO. The van der Waals surface area contributed by atoms with Crippen LogP contribution in [0.4, 0.5) is 0 Å². The smallest absolute Gasteiger partial charge is 0.337 e. The molecule has 9 nitrogen and oxygen atoms in total. The Labute approximate surface area is 224 Å². The molecule has 0 spiro atoms. The molecule has 6 atom stereocenters. The predicted molar refractivity (Wildman–Crippen MR) is 139 cm³/mol. The topological polar surface area (TPSA) is 113 Å². The van der Waals surface area contributed by atoms with Crippen LogP contribution in [0.15, 0.2) is 36.1 Å². The van der Waals surface area contributed by atoms with Gasteiger partial charge in [0.1, 0.15) is 0 Å². The van der Waals surface area contributed by atoms with Gasteiger partial charge >= 0.3 is 5.97 Å². The number of aliphatic hydroxyl groups excluding tert-OH is 1. The summed E-state index contributed by atoms with van der Waals surface area (Å²) < 4.78 is 28.1. The minimum atomic E-state index is -0.620. The number of benzene rings is 1. The van der Waals surface area contributed by atoms with E-state index in [0.717, 1.165) is 17.9 Å². The number of amides is 1. The second-order valence-electron chi connectivity index (χ2n) is 10.3. The average Bonchev–Trinajstić information content (AvgIpc) is 3.56. The fraction of sp³-hybridized carbons (Fsp3) is 0.655. The van der Waals surface area contributed by atoms with Crippen LogP contribution in [0.5, 0.6) is 0 Å². The molecule has 1 aromatic rings. The van der Waals surface area contributed by atoms with Crippen LogP contribution < -0.4 is 5.32 Å². The minimum Gasteiger partial charge on any atom is -0.465 e. The summed E-state index contributed by atoms with van der Waals surface area (Å²) in [5, 5.41) is 12.1. The van der Waals surface area contributed by atoms with Gasteiger partial charge in [0, 0.05) is 31.1 Å². The maximum absolute atomic E-state index is 13.4. The molecule has 1 amide bonds. The Morgan fingerprint density at radius 3 is 2.45 bits per heavy atom. The fourth-order valence-electron chi connectivity index (χ4n) is 6.04. The van der Waals surface area contributed by atoms with Crippen LogP contribution in [0.25, 0.3) is 0 Å². The lowest BCUT2D eigenvalue weighted by molar-refractivity contribution is -0.168. The van der Waals surface area contributed by atoms with Gasteiger partial charge in [-0.2, -0.15) is 0 Å². The van der Waals surface area contributed by atoms with E-state index >= 15 is 0 Å². The van der Waals surface area contributed by atoms with Gasteiger partial charge in [-0.3, -0.25) is 4.79 Å². The predicted octanol–water partition coefficient (Wildman–Crippen LogP) is 3.17. The van der Waals surface area contributed by atoms with E-state index in [0.29, 0.717) is 44.3 Å². The summed E-state index contributed by atoms with van der Waals surface area (Å²) in [6, 6.07) is 7.46. The molecule has 2 fully saturated rings. The van der Waals surface area contributed by atoms with Crippen molar-refractivity contribution in [2.75, 3.05) is 46.8 Å². The zero-order valence-corrected chi connectivity index (χ0v) is 22.4. The molecule has 1 aromatic carbocycles. The Bertz CT molecular complexity index is 948. The number of fused-ring (bicyclic) bond motifs is 2. The standard InChI is InChI=1S/C29H41NO8/c1-3-37-29-23(10-12-35-14-15-36-13-11-31)24(20-6-8-21(9-7-20)28(33)34-2)18-26(38-29)27(32)30-25-17-19-4-5-22(25)16-19/h6-9,18-19,22-25,29,31H,3-5,10-17H2,1-2H3,(H,30,32)/t19?,22?,23-,24-,25?,29-/m1/s1. The van der Waals surface area contributed by atoms with Crippen LogP contribution in [0, 0.1) is 17.8 Å². The van der Waals surface area contributed by atoms with E-state index < -0.39 is 12.3 Å². The van der Waals surface area contributed by atoms with Crippen LogP contribution in [0.3, 0.4) is 0 Å². The number of aliphatic hydroxyl groups is 1. The van der Waals surface area contributed by atoms with Gasteiger partial charge in [0.2, 0.25) is 6.29 Å². The molecule has 2 aliphatic carbocycles. The van der Waals surface area contributed by atoms with Gasteiger partial charge in [0.15, 0.2) is 5.76 Å². The minimum absolute atomic E-state index is 0.0177. The van der Waals surface area contributed by atoms with Gasteiger partial charge in [0.05, 0.1) is 39.1 Å². The number of hydrogen-bond acceptors (Lipinski definition) is 8. The number of esters is 1. The molecular formula is C29H41NO8. The van der Waals surface area contributed by atoms with Crippen molar-refractivity contribution in [1.82, 2.24) is 5.32 Å². The van der Waals surface area contributed by atoms with Gasteiger partial charge in [-0.15, -0.1) is 0 Å². The third-order valence-electron chi connectivity index (χ3n) is 7.91. The van der Waals surface area contributed by atoms with Crippen molar-refractivity contribution in [3.05, 3.63) is 47.2 Å². The lowest BCUT2D eigenvalue weighted by atomic mass is 9.81. The van der Waals surface area contributed by atoms with Crippen molar-refractivity contribution in [3.8, 4) is 0 Å². The number of ether oxygens (including phenoxy) is 5. The first-order valence-corrected chi connectivity index (χ1v) is 13.8. The Kier molecular flexibility index (Phi) is 10.6. The number of hydrogen-bond donors (Lipinski definition) is 2. The Morgan fingerprint density at radius 2 is 1.82 bits per heavy atom. The maximum atomic E-state index is 13.4. The van der Waals surface area contributed by atoms with Crippen molar-refractivity contribution in [2.45, 2.75) is 57.3 Å². The quantitative estimate of drug-likeness (QED) is 0.278. The number of allylic oxidation sites excluding steroid dienone is 1. The van der Waals surface area contributed by atoms with Gasteiger partial charge in [-0.05, 0) is 68.2 Å². The molecule has 2 saturated carbocycles. The third kappa shape index (κ3) is 7.14. The Hall–Kier alpha value is -2.46. The number of methoxy groups -OCH3 is 1. The van der Waals surface area contributed by atoms with Crippen molar-refractivity contribution in [3.63, 3.8) is 0 Å². The number of nitrogens with one attached hydrogen (secondary N) is 1. The largest absolute Gasteiger partial charge is 0.465 e. The highest BCUT2D eigenvalue weighted by atomic mass is 16.7. The molecule has 1 aliphatic heterocycles. The summed E-state index contributed by atoms with van der Waals surface area (Å²) in [6.45, 7) is 3.89. The third-order valence-corrected chi connectivity index (χ3v) is 7.91. The maximum Gasteiger partial charge on any atom is 0.337 e. The molecule has 0 aromatic heterocycles. The molecule has 0 saturated heterocycles. The zero-order chi connectivity index (χ0) is 26.9. The zero-order valence-electron chi connectivity index (χ0n) is 22.4. The first-order chi connectivity index (χ1) is 18.5. The molecule has 2 bridgehead atoms. The summed E-state index contributed by atoms with van der Waals surface area (Å²) in [6.07, 6.45) is 6.59. The number of carbonyl (C=O) groups excluding carboxylic acids is 2. The van der Waals surface area contributed by atoms with E-state index in [9.17, 15) is 9.59 Å². The molecule has 1 heterocycles. The lowest BCUT2D eigenvalue weighted by Gasteiger charge is -2.37. The second-order valence-corrected chi connectivity index (χ2v) is 10.3. The van der Waals surface area contributed by atoms with Crippen molar-refractivity contribution >= 4 is 11.9 Å². The van der Waals surface area contributed by atoms with Gasteiger partial charge in [-0.1, -0.05) is 18.6 Å². The van der Waals surface area contributed by atoms with Gasteiger partial charge in [-0.25, -0.2) is 4.79 Å². The molecule has 3 aliphatic rings. The normalized spacial score (nSPS) is 28.0. The summed E-state index contributed by atoms with van der Waals surface area (Å²) in [5.41, 5.74) is 1.41. The first-order valence-electron chi connectivity index (χ1n) is 13.8. The summed E-state index contributed by atoms with van der Waals surface area (Å²) in [7, 11) is 1.36. The summed E-state index contributed by atoms with van der Waals surface area (Å²) >= 11 is 0. The second kappa shape index (κ2) is 14.1. The Balaban J connectivity index is 1.51. The van der Waals surface area contributed by atoms with Crippen LogP contribution in [0.1, 0.15) is 60.9 Å². The monoisotopic (exact) mass is 531 g/mol.